The van der Waals surface area contributed by atoms with E-state index in [-0.39, 0.29) is 0 Å². The molecule has 100 valence electrons. The zero-order valence-electron chi connectivity index (χ0n) is 10.4. The lowest BCUT2D eigenvalue weighted by Gasteiger charge is -2.07. The van der Waals surface area contributed by atoms with E-state index in [4.69, 9.17) is 5.11 Å². The van der Waals surface area contributed by atoms with Crippen LogP contribution in [0.1, 0.15) is 23.8 Å². The van der Waals surface area contributed by atoms with Crippen molar-refractivity contribution in [3.8, 4) is 0 Å². The summed E-state index contributed by atoms with van der Waals surface area (Å²) in [6, 6.07) is 10.0. The number of hydrogen-bond acceptors (Lipinski definition) is 5. The van der Waals surface area contributed by atoms with Crippen LogP contribution < -0.4 is 0 Å². The fraction of sp³-hybridized carbons (Fsp3) is 0.308. The third-order valence-electron chi connectivity index (χ3n) is 2.63. The smallest absolute Gasteiger partial charge is 0.317 e. The van der Waals surface area contributed by atoms with Crippen molar-refractivity contribution in [3.63, 3.8) is 0 Å². The van der Waals surface area contributed by atoms with E-state index < -0.39 is 11.2 Å². The summed E-state index contributed by atoms with van der Waals surface area (Å²) >= 11 is 2.62. The molecule has 0 radical (unpaired) electrons. The summed E-state index contributed by atoms with van der Waals surface area (Å²) in [4.78, 5) is 12.1. The third kappa shape index (κ3) is 3.78. The van der Waals surface area contributed by atoms with Gasteiger partial charge < -0.3 is 5.11 Å². The molecule has 1 aromatic carbocycles. The lowest BCUT2D eigenvalue weighted by Crippen LogP contribution is -2.15. The van der Waals surface area contributed by atoms with Gasteiger partial charge in [0.2, 0.25) is 0 Å². The van der Waals surface area contributed by atoms with Gasteiger partial charge in [-0.1, -0.05) is 53.5 Å². The first-order chi connectivity index (χ1) is 9.20. The van der Waals surface area contributed by atoms with Crippen LogP contribution >= 0.6 is 23.3 Å². The topological polar surface area (TPSA) is 63.1 Å². The molecule has 0 spiro atoms. The molecule has 0 fully saturated rings. The van der Waals surface area contributed by atoms with Gasteiger partial charge in [-0.05, 0) is 23.5 Å². The van der Waals surface area contributed by atoms with Gasteiger partial charge in [0.05, 0.1) is 4.88 Å². The normalized spacial score (nSPS) is 12.3. The van der Waals surface area contributed by atoms with Crippen LogP contribution in [0.25, 0.3) is 0 Å². The number of nitrogens with zero attached hydrogens (tertiary/aromatic N) is 2. The summed E-state index contributed by atoms with van der Waals surface area (Å²) in [5, 5.41) is 13.4. The first kappa shape index (κ1) is 14.0. The van der Waals surface area contributed by atoms with Crippen molar-refractivity contribution < 1.29 is 9.90 Å². The molecule has 1 N–H and O–H groups in total. The summed E-state index contributed by atoms with van der Waals surface area (Å²) in [5.41, 5.74) is 1.18. The van der Waals surface area contributed by atoms with Crippen molar-refractivity contribution >= 4 is 29.3 Å². The maximum absolute atomic E-state index is 11.1. The zero-order chi connectivity index (χ0) is 13.7. The van der Waals surface area contributed by atoms with Crippen LogP contribution in [-0.2, 0) is 11.2 Å². The standard InChI is InChI=1S/C13H14N2O2S2/c1-2-10(13(16)17)18-12-11(19-15-14-12)8-9-6-4-3-5-7-9/h3-7,10H,2,8H2,1H3,(H,16,17). The number of carboxylic acids is 1. The molecule has 0 aliphatic heterocycles. The molecule has 6 heteroatoms. The van der Waals surface area contributed by atoms with E-state index in [1.807, 2.05) is 37.3 Å². The quantitative estimate of drug-likeness (QED) is 0.829. The van der Waals surface area contributed by atoms with Crippen LogP contribution in [0.3, 0.4) is 0 Å². The van der Waals surface area contributed by atoms with Crippen LogP contribution in [0, 0.1) is 0 Å². The van der Waals surface area contributed by atoms with Gasteiger partial charge >= 0.3 is 5.97 Å². The van der Waals surface area contributed by atoms with Crippen LogP contribution in [0.5, 0.6) is 0 Å². The summed E-state index contributed by atoms with van der Waals surface area (Å²) in [6.45, 7) is 1.86. The van der Waals surface area contributed by atoms with Gasteiger partial charge in [-0.25, -0.2) is 0 Å². The Hall–Kier alpha value is -1.40. The van der Waals surface area contributed by atoms with Crippen LogP contribution in [0.4, 0.5) is 0 Å². The molecular formula is C13H14N2O2S2. The van der Waals surface area contributed by atoms with Gasteiger partial charge in [0.15, 0.2) is 0 Å². The molecule has 4 nitrogen and oxygen atoms in total. The average molecular weight is 294 g/mol. The molecule has 0 aliphatic rings. The second-order valence-electron chi connectivity index (χ2n) is 4.02. The number of rotatable bonds is 6. The van der Waals surface area contributed by atoms with E-state index >= 15 is 0 Å². The molecule has 0 amide bonds. The maximum atomic E-state index is 11.1. The largest absolute Gasteiger partial charge is 0.480 e. The van der Waals surface area contributed by atoms with E-state index in [9.17, 15) is 4.79 Å². The highest BCUT2D eigenvalue weighted by molar-refractivity contribution is 8.00. The number of aromatic nitrogens is 2. The number of aliphatic carboxylic acids is 1. The molecule has 0 saturated heterocycles. The fourth-order valence-electron chi connectivity index (χ4n) is 1.62. The van der Waals surface area contributed by atoms with Crippen molar-refractivity contribution in [2.45, 2.75) is 30.0 Å². The second-order valence-corrected chi connectivity index (χ2v) is 6.05. The molecule has 19 heavy (non-hydrogen) atoms. The van der Waals surface area contributed by atoms with Crippen LogP contribution in [0.2, 0.25) is 0 Å². The summed E-state index contributed by atoms with van der Waals surface area (Å²) in [5.74, 6) is -0.800. The van der Waals surface area contributed by atoms with Crippen LogP contribution in [-0.4, -0.2) is 25.9 Å². The number of thioether (sulfide) groups is 1. The second kappa shape index (κ2) is 6.68. The summed E-state index contributed by atoms with van der Waals surface area (Å²) in [6.07, 6.45) is 1.32. The Morgan fingerprint density at radius 2 is 2.16 bits per heavy atom. The molecule has 1 heterocycles. The lowest BCUT2D eigenvalue weighted by molar-refractivity contribution is -0.136. The summed E-state index contributed by atoms with van der Waals surface area (Å²) < 4.78 is 3.94. The molecule has 1 aromatic heterocycles. The molecular weight excluding hydrogens is 280 g/mol. The predicted octanol–water partition coefficient (Wildman–Crippen LogP) is 3.08. The monoisotopic (exact) mass is 294 g/mol. The molecule has 2 aromatic rings. The average Bonchev–Trinajstić information content (AvgIpc) is 2.84. The number of benzene rings is 1. The first-order valence-electron chi connectivity index (χ1n) is 5.95. The van der Waals surface area contributed by atoms with Gasteiger partial charge in [0, 0.05) is 6.42 Å². The molecule has 0 bridgehead atoms. The minimum absolute atomic E-state index is 0.460. The predicted molar refractivity (Wildman–Crippen MR) is 76.7 cm³/mol. The van der Waals surface area contributed by atoms with E-state index in [1.165, 1.54) is 28.9 Å². The highest BCUT2D eigenvalue weighted by atomic mass is 32.2. The van der Waals surface area contributed by atoms with Crippen molar-refractivity contribution in [2.24, 2.45) is 0 Å². The Labute approximate surface area is 120 Å². The van der Waals surface area contributed by atoms with E-state index in [2.05, 4.69) is 9.59 Å². The Morgan fingerprint density at radius 3 is 2.79 bits per heavy atom. The van der Waals surface area contributed by atoms with Gasteiger partial charge in [-0.3, -0.25) is 4.79 Å². The molecule has 1 unspecified atom stereocenters. The third-order valence-corrected chi connectivity index (χ3v) is 4.85. The molecule has 0 aliphatic carbocycles. The first-order valence-corrected chi connectivity index (χ1v) is 7.60. The maximum Gasteiger partial charge on any atom is 0.317 e. The van der Waals surface area contributed by atoms with Gasteiger partial charge in [0.25, 0.3) is 0 Å². The molecule has 1 atom stereocenters. The van der Waals surface area contributed by atoms with Gasteiger partial charge in [-0.15, -0.1) is 5.10 Å². The van der Waals surface area contributed by atoms with E-state index in [1.54, 1.807) is 0 Å². The number of carbonyl (C=O) groups is 1. The molecule has 0 saturated carbocycles. The van der Waals surface area contributed by atoms with Gasteiger partial charge in [-0.2, -0.15) is 0 Å². The lowest BCUT2D eigenvalue weighted by atomic mass is 10.1. The van der Waals surface area contributed by atoms with E-state index in [0.29, 0.717) is 6.42 Å². The molecule has 2 rings (SSSR count). The van der Waals surface area contributed by atoms with Crippen molar-refractivity contribution in [1.29, 1.82) is 0 Å². The zero-order valence-corrected chi connectivity index (χ0v) is 12.1. The number of hydrogen-bond donors (Lipinski definition) is 1. The summed E-state index contributed by atoms with van der Waals surface area (Å²) in [7, 11) is 0. The van der Waals surface area contributed by atoms with Crippen molar-refractivity contribution in [1.82, 2.24) is 9.59 Å². The Kier molecular flexibility index (Phi) is 4.93. The van der Waals surface area contributed by atoms with Gasteiger partial charge in [0.1, 0.15) is 10.3 Å². The fourth-order valence-corrected chi connectivity index (χ4v) is 3.33. The Morgan fingerprint density at radius 1 is 1.42 bits per heavy atom. The van der Waals surface area contributed by atoms with E-state index in [0.717, 1.165) is 16.3 Å². The van der Waals surface area contributed by atoms with Crippen molar-refractivity contribution in [3.05, 3.63) is 40.8 Å². The SMILES string of the molecule is CCC(Sc1nnsc1Cc1ccccc1)C(=O)O. The minimum Gasteiger partial charge on any atom is -0.480 e. The van der Waals surface area contributed by atoms with Crippen LogP contribution in [0.15, 0.2) is 35.4 Å². The van der Waals surface area contributed by atoms with Crippen molar-refractivity contribution in [2.75, 3.05) is 0 Å². The Balaban J connectivity index is 2.11. The Bertz CT molecular complexity index is 543. The highest BCUT2D eigenvalue weighted by Crippen LogP contribution is 2.30. The number of carboxylic acid groups (broad SMARTS) is 1. The minimum atomic E-state index is -0.800. The highest BCUT2D eigenvalue weighted by Gasteiger charge is 2.20.